The third kappa shape index (κ3) is 2.98. The van der Waals surface area contributed by atoms with Gasteiger partial charge in [-0.2, -0.15) is 9.29 Å². The van der Waals surface area contributed by atoms with Gasteiger partial charge in [-0.25, -0.2) is 17.2 Å². The fourth-order valence-electron chi connectivity index (χ4n) is 4.13. The van der Waals surface area contributed by atoms with Gasteiger partial charge in [0, 0.05) is 25.6 Å². The molecule has 0 radical (unpaired) electrons. The largest absolute Gasteiger partial charge is 0.423 e. The summed E-state index contributed by atoms with van der Waals surface area (Å²) in [6.45, 7) is 0.321. The molecule has 3 aromatic rings. The zero-order valence-corrected chi connectivity index (χ0v) is 16.7. The zero-order chi connectivity index (χ0) is 20.9. The molecule has 2 saturated heterocycles. The second-order valence-electron chi connectivity index (χ2n) is 7.36. The molecule has 2 atom stereocenters. The topological polar surface area (TPSA) is 75.9 Å². The molecule has 30 heavy (non-hydrogen) atoms. The summed E-state index contributed by atoms with van der Waals surface area (Å²) >= 11 is 0. The summed E-state index contributed by atoms with van der Waals surface area (Å²) in [5.74, 6) is -0.452. The van der Waals surface area contributed by atoms with E-state index < -0.39 is 27.7 Å². The first-order chi connectivity index (χ1) is 14.4. The smallest absolute Gasteiger partial charge is 0.298 e. The molecule has 2 fully saturated rings. The van der Waals surface area contributed by atoms with Crippen LogP contribution in [0.1, 0.15) is 6.42 Å². The Hall–Kier alpha value is -2.56. The lowest BCUT2D eigenvalue weighted by Gasteiger charge is -2.44. The van der Waals surface area contributed by atoms with E-state index in [9.17, 15) is 12.8 Å². The minimum absolute atomic E-state index is 0.0831. The van der Waals surface area contributed by atoms with Crippen LogP contribution >= 0.6 is 0 Å². The van der Waals surface area contributed by atoms with Crippen LogP contribution in [0.5, 0.6) is 0 Å². The number of rotatable bonds is 3. The number of anilines is 1. The minimum atomic E-state index is -3.92. The molecule has 0 bridgehead atoms. The maximum absolute atomic E-state index is 15.5. The van der Waals surface area contributed by atoms with E-state index in [2.05, 4.69) is 4.98 Å². The molecule has 1 spiro atoms. The van der Waals surface area contributed by atoms with Crippen LogP contribution in [0.25, 0.3) is 11.1 Å². The van der Waals surface area contributed by atoms with Crippen LogP contribution in [-0.2, 0) is 14.8 Å². The maximum Gasteiger partial charge on any atom is 0.298 e. The van der Waals surface area contributed by atoms with Gasteiger partial charge in [-0.05, 0) is 24.3 Å². The average Bonchev–Trinajstić information content (AvgIpc) is 3.36. The third-order valence-corrected chi connectivity index (χ3v) is 7.56. The third-order valence-electron chi connectivity index (χ3n) is 5.62. The van der Waals surface area contributed by atoms with Crippen molar-refractivity contribution in [2.24, 2.45) is 0 Å². The van der Waals surface area contributed by atoms with Gasteiger partial charge in [0.1, 0.15) is 11.3 Å². The van der Waals surface area contributed by atoms with Crippen molar-refractivity contribution >= 4 is 27.1 Å². The second kappa shape index (κ2) is 7.00. The number of sulfonamides is 1. The number of ether oxygens (including phenoxy) is 1. The van der Waals surface area contributed by atoms with E-state index in [1.807, 2.05) is 0 Å². The molecule has 0 saturated carbocycles. The molecular weight excluding hydrogens is 416 g/mol. The summed E-state index contributed by atoms with van der Waals surface area (Å²) in [4.78, 5) is 5.98. The first-order valence-electron chi connectivity index (χ1n) is 9.57. The lowest BCUT2D eigenvalue weighted by atomic mass is 9.99. The van der Waals surface area contributed by atoms with Gasteiger partial charge >= 0.3 is 0 Å². The molecule has 7 nitrogen and oxygen atoms in total. The van der Waals surface area contributed by atoms with Crippen LogP contribution in [0.2, 0.25) is 0 Å². The first kappa shape index (κ1) is 19.4. The van der Waals surface area contributed by atoms with Crippen molar-refractivity contribution in [2.75, 3.05) is 31.1 Å². The number of fused-ring (bicyclic) bond motifs is 1. The van der Waals surface area contributed by atoms with E-state index >= 15 is 4.39 Å². The number of benzene rings is 2. The van der Waals surface area contributed by atoms with Crippen molar-refractivity contribution in [1.82, 2.24) is 9.29 Å². The highest BCUT2D eigenvalue weighted by Gasteiger charge is 2.57. The van der Waals surface area contributed by atoms with Crippen molar-refractivity contribution in [1.29, 1.82) is 0 Å². The lowest BCUT2D eigenvalue weighted by Crippen LogP contribution is -2.62. The van der Waals surface area contributed by atoms with Gasteiger partial charge in [0.15, 0.2) is 17.5 Å². The van der Waals surface area contributed by atoms with E-state index in [0.717, 1.165) is 4.31 Å². The summed E-state index contributed by atoms with van der Waals surface area (Å²) < 4.78 is 67.6. The Bertz CT molecular complexity index is 1190. The molecule has 0 aliphatic carbocycles. The van der Waals surface area contributed by atoms with Crippen LogP contribution < -0.4 is 4.90 Å². The number of halogens is 2. The van der Waals surface area contributed by atoms with Gasteiger partial charge in [0.05, 0.1) is 18.0 Å². The second-order valence-corrected chi connectivity index (χ2v) is 9.22. The summed E-state index contributed by atoms with van der Waals surface area (Å²) in [7, 11) is -3.92. The summed E-state index contributed by atoms with van der Waals surface area (Å²) in [5.41, 5.74) is -0.831. The predicted octanol–water partition coefficient (Wildman–Crippen LogP) is 2.93. The van der Waals surface area contributed by atoms with E-state index in [1.165, 1.54) is 30.3 Å². The molecule has 10 heteroatoms. The Kier molecular flexibility index (Phi) is 4.53. The first-order valence-corrected chi connectivity index (χ1v) is 11.0. The Balaban J connectivity index is 1.42. The number of nitrogens with zero attached hydrogens (tertiary/aromatic N) is 3. The van der Waals surface area contributed by atoms with Crippen molar-refractivity contribution in [3.8, 4) is 0 Å². The molecule has 2 unspecified atom stereocenters. The van der Waals surface area contributed by atoms with E-state index in [1.54, 1.807) is 23.1 Å². The normalized spacial score (nSPS) is 25.4. The highest BCUT2D eigenvalue weighted by molar-refractivity contribution is 7.89. The predicted molar refractivity (Wildman–Crippen MR) is 105 cm³/mol. The van der Waals surface area contributed by atoms with Crippen molar-refractivity contribution < 1.29 is 26.4 Å². The van der Waals surface area contributed by atoms with Crippen LogP contribution in [0, 0.1) is 5.82 Å². The Morgan fingerprint density at radius 3 is 2.70 bits per heavy atom. The quantitative estimate of drug-likeness (QED) is 0.630. The van der Waals surface area contributed by atoms with Crippen molar-refractivity contribution in [2.45, 2.75) is 23.2 Å². The van der Waals surface area contributed by atoms with E-state index in [0.29, 0.717) is 5.52 Å². The molecule has 158 valence electrons. The Morgan fingerprint density at radius 1 is 1.13 bits per heavy atom. The number of piperidine rings is 1. The number of hydrogen-bond donors (Lipinski definition) is 0. The molecule has 2 aromatic carbocycles. The van der Waals surface area contributed by atoms with Gasteiger partial charge < -0.3 is 14.1 Å². The molecule has 1 aromatic heterocycles. The molecule has 2 aliphatic heterocycles. The summed E-state index contributed by atoms with van der Waals surface area (Å²) in [5, 5.41) is 0. The molecule has 0 amide bonds. The van der Waals surface area contributed by atoms with Gasteiger partial charge in [-0.3, -0.25) is 0 Å². The van der Waals surface area contributed by atoms with Crippen molar-refractivity contribution in [3.05, 3.63) is 54.3 Å². The van der Waals surface area contributed by atoms with E-state index in [4.69, 9.17) is 9.15 Å². The average molecular weight is 435 g/mol. The molecule has 2 aliphatic rings. The van der Waals surface area contributed by atoms with Gasteiger partial charge in [0.25, 0.3) is 6.01 Å². The SMILES string of the molecule is O=S(=O)(c1ccccc1)N1CCOC12CCN(c1nc3ccc(F)cc3o1)CC2F. The number of alkyl halides is 1. The zero-order valence-electron chi connectivity index (χ0n) is 15.9. The molecule has 0 N–H and O–H groups in total. The lowest BCUT2D eigenvalue weighted by molar-refractivity contribution is -0.116. The standard InChI is InChI=1S/C20H19F2N3O4S/c21-14-6-7-16-17(12-14)29-19(23-16)24-9-8-20(18(22)13-24)25(10-11-28-20)30(26,27)15-4-2-1-3-5-15/h1-7,12,18H,8-11,13H2. The van der Waals surface area contributed by atoms with Gasteiger partial charge in [-0.15, -0.1) is 0 Å². The fraction of sp³-hybridized carbons (Fsp3) is 0.350. The van der Waals surface area contributed by atoms with Crippen molar-refractivity contribution in [3.63, 3.8) is 0 Å². The van der Waals surface area contributed by atoms with Crippen LogP contribution in [0.15, 0.2) is 57.8 Å². The number of hydrogen-bond acceptors (Lipinski definition) is 6. The molecule has 3 heterocycles. The van der Waals surface area contributed by atoms with Gasteiger partial charge in [-0.1, -0.05) is 18.2 Å². The van der Waals surface area contributed by atoms with Gasteiger partial charge in [0.2, 0.25) is 10.0 Å². The Labute approximate surface area is 171 Å². The van der Waals surface area contributed by atoms with Crippen LogP contribution in [0.3, 0.4) is 0 Å². The summed E-state index contributed by atoms with van der Waals surface area (Å²) in [6, 6.07) is 12.1. The minimum Gasteiger partial charge on any atom is -0.423 e. The highest BCUT2D eigenvalue weighted by atomic mass is 32.2. The van der Waals surface area contributed by atoms with Crippen LogP contribution in [-0.4, -0.2) is 55.8 Å². The summed E-state index contributed by atoms with van der Waals surface area (Å²) in [6.07, 6.45) is -1.52. The number of aromatic nitrogens is 1. The highest BCUT2D eigenvalue weighted by Crippen LogP contribution is 2.41. The maximum atomic E-state index is 15.5. The van der Waals surface area contributed by atoms with Crippen LogP contribution in [0.4, 0.5) is 14.8 Å². The molecule has 5 rings (SSSR count). The number of oxazole rings is 1. The monoisotopic (exact) mass is 435 g/mol. The van der Waals surface area contributed by atoms with E-state index in [-0.39, 0.29) is 49.2 Å². The fourth-order valence-corrected chi connectivity index (χ4v) is 5.86. The Morgan fingerprint density at radius 2 is 1.93 bits per heavy atom. The molecular formula is C20H19F2N3O4S.